The highest BCUT2D eigenvalue weighted by atomic mass is 28.3. The third-order valence-corrected chi connectivity index (χ3v) is 6.45. The van der Waals surface area contributed by atoms with Gasteiger partial charge in [0.25, 0.3) is 0 Å². The quantitative estimate of drug-likeness (QED) is 0.575. The number of hydrogen-bond donors (Lipinski definition) is 0. The molecule has 2 heteroatoms. The van der Waals surface area contributed by atoms with Crippen molar-refractivity contribution in [2.75, 3.05) is 0 Å². The number of benzene rings is 2. The third kappa shape index (κ3) is 3.23. The van der Waals surface area contributed by atoms with Crippen LogP contribution >= 0.6 is 0 Å². The highest BCUT2D eigenvalue weighted by molar-refractivity contribution is 6.89. The molecule has 0 spiro atoms. The summed E-state index contributed by atoms with van der Waals surface area (Å²) in [7, 11) is -1.37. The van der Waals surface area contributed by atoms with E-state index in [1.54, 1.807) is 0 Å². The standard InChI is InChI=1S/C21H25NSi/c1-15(2)19-13-20(22-14-21(19)23(3,4)5)18-11-10-16-8-6-7-9-17(16)12-18/h6-15H,1-5H3. The van der Waals surface area contributed by atoms with E-state index in [9.17, 15) is 0 Å². The molecule has 0 aliphatic rings. The normalized spacial score (nSPS) is 12.1. The molecule has 23 heavy (non-hydrogen) atoms. The first-order chi connectivity index (χ1) is 10.9. The molecule has 3 rings (SSSR count). The molecule has 3 aromatic rings. The smallest absolute Gasteiger partial charge is 0.0799 e. The van der Waals surface area contributed by atoms with Gasteiger partial charge in [0.05, 0.1) is 13.8 Å². The zero-order valence-electron chi connectivity index (χ0n) is 14.7. The Bertz CT molecular complexity index is 844. The van der Waals surface area contributed by atoms with Crippen molar-refractivity contribution in [3.63, 3.8) is 0 Å². The first-order valence-electron chi connectivity index (χ1n) is 8.36. The van der Waals surface area contributed by atoms with Crippen molar-refractivity contribution >= 4 is 24.0 Å². The fraction of sp³-hybridized carbons (Fsp3) is 0.286. The van der Waals surface area contributed by atoms with E-state index < -0.39 is 8.07 Å². The van der Waals surface area contributed by atoms with Gasteiger partial charge >= 0.3 is 0 Å². The van der Waals surface area contributed by atoms with Crippen molar-refractivity contribution < 1.29 is 0 Å². The van der Waals surface area contributed by atoms with Crippen LogP contribution in [0.25, 0.3) is 22.0 Å². The Hall–Kier alpha value is -1.93. The Kier molecular flexibility index (Phi) is 4.11. The average molecular weight is 320 g/mol. The van der Waals surface area contributed by atoms with Crippen molar-refractivity contribution in [1.82, 2.24) is 4.98 Å². The summed E-state index contributed by atoms with van der Waals surface area (Å²) < 4.78 is 0. The van der Waals surface area contributed by atoms with Crippen molar-refractivity contribution in [2.45, 2.75) is 39.4 Å². The van der Waals surface area contributed by atoms with Crippen LogP contribution in [0.5, 0.6) is 0 Å². The molecule has 0 saturated carbocycles. The fourth-order valence-electron chi connectivity index (χ4n) is 3.08. The van der Waals surface area contributed by atoms with Gasteiger partial charge in [-0.2, -0.15) is 0 Å². The summed E-state index contributed by atoms with van der Waals surface area (Å²) in [5.74, 6) is 0.527. The Morgan fingerprint density at radius 3 is 2.22 bits per heavy atom. The second-order valence-corrected chi connectivity index (χ2v) is 12.7. The van der Waals surface area contributed by atoms with E-state index in [2.05, 4.69) is 88.2 Å². The van der Waals surface area contributed by atoms with E-state index in [0.717, 1.165) is 5.69 Å². The summed E-state index contributed by atoms with van der Waals surface area (Å²) in [6.45, 7) is 11.7. The van der Waals surface area contributed by atoms with Crippen LogP contribution in [0.1, 0.15) is 25.3 Å². The predicted molar refractivity (Wildman–Crippen MR) is 104 cm³/mol. The summed E-state index contributed by atoms with van der Waals surface area (Å²) in [5.41, 5.74) is 3.75. The molecule has 0 aliphatic carbocycles. The van der Waals surface area contributed by atoms with Crippen LogP contribution in [0.4, 0.5) is 0 Å². The second-order valence-electron chi connectivity index (χ2n) is 7.62. The van der Waals surface area contributed by atoms with Gasteiger partial charge in [-0.3, -0.25) is 4.98 Å². The molecule has 1 aromatic heterocycles. The molecule has 0 atom stereocenters. The molecule has 1 nitrogen and oxygen atoms in total. The molecular weight excluding hydrogens is 294 g/mol. The van der Waals surface area contributed by atoms with Crippen LogP contribution in [0.15, 0.2) is 54.7 Å². The lowest BCUT2D eigenvalue weighted by Gasteiger charge is -2.23. The minimum absolute atomic E-state index is 0.527. The van der Waals surface area contributed by atoms with E-state index in [-0.39, 0.29) is 0 Å². The van der Waals surface area contributed by atoms with Crippen LogP contribution in [-0.4, -0.2) is 13.1 Å². The Labute approximate surface area is 140 Å². The van der Waals surface area contributed by atoms with Gasteiger partial charge in [0.2, 0.25) is 0 Å². The average Bonchev–Trinajstić information content (AvgIpc) is 2.53. The summed E-state index contributed by atoms with van der Waals surface area (Å²) in [5, 5.41) is 4.03. The maximum atomic E-state index is 4.80. The zero-order valence-corrected chi connectivity index (χ0v) is 15.7. The largest absolute Gasteiger partial charge is 0.256 e. The maximum absolute atomic E-state index is 4.80. The molecule has 0 aliphatic heterocycles. The van der Waals surface area contributed by atoms with Gasteiger partial charge in [-0.05, 0) is 39.6 Å². The van der Waals surface area contributed by atoms with Gasteiger partial charge in [0.1, 0.15) is 0 Å². The number of nitrogens with zero attached hydrogens (tertiary/aromatic N) is 1. The molecule has 0 fully saturated rings. The van der Waals surface area contributed by atoms with Gasteiger partial charge in [-0.25, -0.2) is 0 Å². The van der Waals surface area contributed by atoms with Crippen molar-refractivity contribution in [3.05, 3.63) is 60.3 Å². The summed E-state index contributed by atoms with van der Waals surface area (Å²) >= 11 is 0. The molecule has 0 radical (unpaired) electrons. The highest BCUT2D eigenvalue weighted by Crippen LogP contribution is 2.26. The summed E-state index contributed by atoms with van der Waals surface area (Å²) in [4.78, 5) is 4.80. The number of aromatic nitrogens is 1. The predicted octanol–water partition coefficient (Wildman–Crippen LogP) is 5.57. The van der Waals surface area contributed by atoms with E-state index in [1.807, 2.05) is 0 Å². The molecule has 0 saturated heterocycles. The Balaban J connectivity index is 2.13. The molecule has 0 unspecified atom stereocenters. The van der Waals surface area contributed by atoms with Gasteiger partial charge in [0.15, 0.2) is 0 Å². The lowest BCUT2D eigenvalue weighted by atomic mass is 10.00. The molecule has 0 N–H and O–H groups in total. The van der Waals surface area contributed by atoms with Gasteiger partial charge in [0, 0.05) is 11.8 Å². The molecule has 1 heterocycles. The monoisotopic (exact) mass is 319 g/mol. The summed E-state index contributed by atoms with van der Waals surface area (Å²) in [6, 6.07) is 17.4. The SMILES string of the molecule is CC(C)c1cc(-c2ccc3ccccc3c2)ncc1[Si](C)(C)C. The second kappa shape index (κ2) is 5.93. The van der Waals surface area contributed by atoms with Crippen LogP contribution < -0.4 is 5.19 Å². The van der Waals surface area contributed by atoms with Gasteiger partial charge < -0.3 is 0 Å². The molecule has 2 aromatic carbocycles. The summed E-state index contributed by atoms with van der Waals surface area (Å²) in [6.07, 6.45) is 2.13. The van der Waals surface area contributed by atoms with E-state index in [1.165, 1.54) is 27.1 Å². The molecule has 0 bridgehead atoms. The zero-order chi connectivity index (χ0) is 16.6. The lowest BCUT2D eigenvalue weighted by Crippen LogP contribution is -2.40. The van der Waals surface area contributed by atoms with Crippen molar-refractivity contribution in [1.29, 1.82) is 0 Å². The van der Waals surface area contributed by atoms with E-state index in [0.29, 0.717) is 5.92 Å². The number of hydrogen-bond acceptors (Lipinski definition) is 1. The Morgan fingerprint density at radius 1 is 0.870 bits per heavy atom. The number of fused-ring (bicyclic) bond motifs is 1. The van der Waals surface area contributed by atoms with Crippen LogP contribution in [0.2, 0.25) is 19.6 Å². The van der Waals surface area contributed by atoms with Crippen LogP contribution in [0, 0.1) is 0 Å². The first-order valence-corrected chi connectivity index (χ1v) is 11.9. The minimum atomic E-state index is -1.37. The first kappa shape index (κ1) is 15.9. The van der Waals surface area contributed by atoms with Crippen molar-refractivity contribution in [3.8, 4) is 11.3 Å². The lowest BCUT2D eigenvalue weighted by molar-refractivity contribution is 0.870. The minimum Gasteiger partial charge on any atom is -0.256 e. The molecular formula is C21H25NSi. The fourth-order valence-corrected chi connectivity index (χ4v) is 4.76. The van der Waals surface area contributed by atoms with Gasteiger partial charge in [-0.15, -0.1) is 0 Å². The van der Waals surface area contributed by atoms with Crippen molar-refractivity contribution in [2.24, 2.45) is 0 Å². The number of pyridine rings is 1. The van der Waals surface area contributed by atoms with Crippen LogP contribution in [-0.2, 0) is 0 Å². The van der Waals surface area contributed by atoms with E-state index >= 15 is 0 Å². The van der Waals surface area contributed by atoms with Gasteiger partial charge in [-0.1, -0.05) is 69.9 Å². The Morgan fingerprint density at radius 2 is 1.57 bits per heavy atom. The molecule has 0 amide bonds. The number of rotatable bonds is 3. The van der Waals surface area contributed by atoms with Crippen LogP contribution in [0.3, 0.4) is 0 Å². The topological polar surface area (TPSA) is 12.9 Å². The maximum Gasteiger partial charge on any atom is 0.0799 e. The molecule has 118 valence electrons. The highest BCUT2D eigenvalue weighted by Gasteiger charge is 2.22. The van der Waals surface area contributed by atoms with E-state index in [4.69, 9.17) is 4.98 Å². The third-order valence-electron chi connectivity index (χ3n) is 4.41.